The summed E-state index contributed by atoms with van der Waals surface area (Å²) in [4.78, 5) is 0. The number of aromatic nitrogens is 1. The first-order valence-electron chi connectivity index (χ1n) is 5.88. The zero-order valence-electron chi connectivity index (χ0n) is 10.4. The van der Waals surface area contributed by atoms with Crippen molar-refractivity contribution in [1.29, 1.82) is 0 Å². The second-order valence-electron chi connectivity index (χ2n) is 5.40. The molecule has 0 saturated heterocycles. The van der Waals surface area contributed by atoms with Crippen LogP contribution in [0.15, 0.2) is 41.9 Å². The van der Waals surface area contributed by atoms with E-state index in [1.54, 1.807) is 0 Å². The van der Waals surface area contributed by atoms with Crippen molar-refractivity contribution >= 4 is 32.3 Å². The van der Waals surface area contributed by atoms with Crippen molar-refractivity contribution in [3.05, 3.63) is 41.9 Å². The van der Waals surface area contributed by atoms with Gasteiger partial charge in [-0.3, -0.25) is 0 Å². The fourth-order valence-corrected chi connectivity index (χ4v) is 3.34. The second kappa shape index (κ2) is 3.54. The molecule has 3 rings (SSSR count). The summed E-state index contributed by atoms with van der Waals surface area (Å²) in [6, 6.07) is 13.0. The van der Waals surface area contributed by atoms with Crippen LogP contribution in [0.4, 0.5) is 0 Å². The Balaban J connectivity index is 2.51. The third kappa shape index (κ3) is 1.64. The zero-order chi connectivity index (χ0) is 12.0. The van der Waals surface area contributed by atoms with Crippen LogP contribution in [0.1, 0.15) is 20.8 Å². The molecule has 0 N–H and O–H groups in total. The standard InChI is InChI=1S/C15H16NS/c1-15(2,3)16-10-17-13-9-8-11-6-4-5-7-12(11)14(13)16/h4-10H,1-3H3/q+1. The van der Waals surface area contributed by atoms with Gasteiger partial charge < -0.3 is 0 Å². The Bertz CT molecular complexity index is 689. The molecular weight excluding hydrogens is 226 g/mol. The van der Waals surface area contributed by atoms with E-state index in [2.05, 4.69) is 67.2 Å². The van der Waals surface area contributed by atoms with E-state index in [1.807, 2.05) is 11.3 Å². The van der Waals surface area contributed by atoms with Gasteiger partial charge in [0, 0.05) is 20.8 Å². The molecule has 0 aliphatic carbocycles. The summed E-state index contributed by atoms with van der Waals surface area (Å²) >= 11 is 1.82. The Kier molecular flexibility index (Phi) is 2.23. The lowest BCUT2D eigenvalue weighted by Crippen LogP contribution is -2.48. The largest absolute Gasteiger partial charge is 0.231 e. The van der Waals surface area contributed by atoms with Crippen molar-refractivity contribution in [2.75, 3.05) is 0 Å². The summed E-state index contributed by atoms with van der Waals surface area (Å²) in [6.07, 6.45) is 0. The van der Waals surface area contributed by atoms with Crippen LogP contribution in [0, 0.1) is 0 Å². The van der Waals surface area contributed by atoms with Crippen molar-refractivity contribution in [3.8, 4) is 0 Å². The maximum absolute atomic E-state index is 2.38. The Morgan fingerprint density at radius 1 is 1.00 bits per heavy atom. The summed E-state index contributed by atoms with van der Waals surface area (Å²) in [5, 5.41) is 2.66. The fraction of sp³-hybridized carbons (Fsp3) is 0.267. The van der Waals surface area contributed by atoms with Gasteiger partial charge in [-0.05, 0) is 17.5 Å². The highest BCUT2D eigenvalue weighted by Crippen LogP contribution is 2.27. The maximum Gasteiger partial charge on any atom is 0.231 e. The first-order chi connectivity index (χ1) is 8.07. The van der Waals surface area contributed by atoms with Crippen LogP contribution in [0.5, 0.6) is 0 Å². The number of nitrogens with zero attached hydrogens (tertiary/aromatic N) is 1. The summed E-state index contributed by atoms with van der Waals surface area (Å²) in [5.41, 5.74) is 3.72. The maximum atomic E-state index is 2.38. The molecule has 0 fully saturated rings. The number of fused-ring (bicyclic) bond motifs is 3. The third-order valence-corrected chi connectivity index (χ3v) is 4.01. The molecule has 0 radical (unpaired) electrons. The van der Waals surface area contributed by atoms with E-state index in [1.165, 1.54) is 21.0 Å². The Labute approximate surface area is 105 Å². The van der Waals surface area contributed by atoms with Crippen LogP contribution >= 0.6 is 11.3 Å². The molecule has 0 aliphatic rings. The van der Waals surface area contributed by atoms with Crippen LogP contribution in [0.2, 0.25) is 0 Å². The van der Waals surface area contributed by atoms with Gasteiger partial charge in [-0.1, -0.05) is 35.6 Å². The molecule has 0 saturated carbocycles. The van der Waals surface area contributed by atoms with Crippen molar-refractivity contribution in [2.24, 2.45) is 0 Å². The number of hydrogen-bond donors (Lipinski definition) is 0. The summed E-state index contributed by atoms with van der Waals surface area (Å²) in [6.45, 7) is 6.75. The van der Waals surface area contributed by atoms with Crippen molar-refractivity contribution in [3.63, 3.8) is 0 Å². The highest BCUT2D eigenvalue weighted by molar-refractivity contribution is 7.16. The molecule has 2 heteroatoms. The molecule has 0 atom stereocenters. The quantitative estimate of drug-likeness (QED) is 0.523. The van der Waals surface area contributed by atoms with Gasteiger partial charge in [0.15, 0.2) is 5.54 Å². The predicted octanol–water partition coefficient (Wildman–Crippen LogP) is 4.10. The lowest BCUT2D eigenvalue weighted by Gasteiger charge is -2.12. The minimum absolute atomic E-state index is 0.127. The zero-order valence-corrected chi connectivity index (χ0v) is 11.2. The van der Waals surface area contributed by atoms with Crippen LogP contribution < -0.4 is 4.57 Å². The van der Waals surface area contributed by atoms with E-state index in [4.69, 9.17) is 0 Å². The van der Waals surface area contributed by atoms with Crippen molar-refractivity contribution in [1.82, 2.24) is 0 Å². The molecule has 0 bridgehead atoms. The Hall–Kier alpha value is -1.41. The molecule has 0 unspecified atom stereocenters. The number of benzene rings is 2. The van der Waals surface area contributed by atoms with Gasteiger partial charge in [0.05, 0.1) is 5.39 Å². The van der Waals surface area contributed by atoms with Crippen LogP contribution in [0.25, 0.3) is 21.0 Å². The second-order valence-corrected chi connectivity index (χ2v) is 6.28. The molecule has 1 nitrogen and oxygen atoms in total. The van der Waals surface area contributed by atoms with Gasteiger partial charge in [-0.2, -0.15) is 4.57 Å². The van der Waals surface area contributed by atoms with Crippen molar-refractivity contribution < 1.29 is 4.57 Å². The Morgan fingerprint density at radius 3 is 2.53 bits per heavy atom. The predicted molar refractivity (Wildman–Crippen MR) is 74.5 cm³/mol. The molecule has 0 amide bonds. The monoisotopic (exact) mass is 242 g/mol. The highest BCUT2D eigenvalue weighted by Gasteiger charge is 2.27. The minimum atomic E-state index is 0.127. The summed E-state index contributed by atoms with van der Waals surface area (Å²) in [5.74, 6) is 0. The fourth-order valence-electron chi connectivity index (χ4n) is 2.23. The topological polar surface area (TPSA) is 3.88 Å². The lowest BCUT2D eigenvalue weighted by atomic mass is 10.1. The van der Waals surface area contributed by atoms with Crippen LogP contribution in [0.3, 0.4) is 0 Å². The first kappa shape index (κ1) is 10.7. The number of thiazole rings is 1. The SMILES string of the molecule is CC(C)(C)[n+]1csc2ccc3ccccc3c21. The van der Waals surface area contributed by atoms with E-state index < -0.39 is 0 Å². The van der Waals surface area contributed by atoms with Gasteiger partial charge in [-0.15, -0.1) is 0 Å². The van der Waals surface area contributed by atoms with E-state index in [0.29, 0.717) is 0 Å². The van der Waals surface area contributed by atoms with E-state index in [-0.39, 0.29) is 5.54 Å². The van der Waals surface area contributed by atoms with Gasteiger partial charge in [0.25, 0.3) is 0 Å². The molecule has 3 aromatic rings. The van der Waals surface area contributed by atoms with Crippen LogP contribution in [-0.4, -0.2) is 0 Å². The van der Waals surface area contributed by atoms with Gasteiger partial charge in [0.2, 0.25) is 11.0 Å². The average molecular weight is 242 g/mol. The molecule has 86 valence electrons. The molecule has 1 aromatic heterocycles. The van der Waals surface area contributed by atoms with E-state index in [9.17, 15) is 0 Å². The number of hydrogen-bond acceptors (Lipinski definition) is 1. The van der Waals surface area contributed by atoms with Gasteiger partial charge in [0.1, 0.15) is 4.70 Å². The van der Waals surface area contributed by atoms with E-state index in [0.717, 1.165) is 0 Å². The number of rotatable bonds is 0. The third-order valence-electron chi connectivity index (χ3n) is 3.11. The Morgan fingerprint density at radius 2 is 1.76 bits per heavy atom. The summed E-state index contributed by atoms with van der Waals surface area (Å²) in [7, 11) is 0. The molecule has 0 aliphatic heterocycles. The highest BCUT2D eigenvalue weighted by atomic mass is 32.1. The minimum Gasteiger partial charge on any atom is -0.183 e. The van der Waals surface area contributed by atoms with Crippen LogP contribution in [-0.2, 0) is 5.54 Å². The molecule has 1 heterocycles. The summed E-state index contributed by atoms with van der Waals surface area (Å²) < 4.78 is 3.74. The smallest absolute Gasteiger partial charge is 0.183 e. The van der Waals surface area contributed by atoms with Crippen molar-refractivity contribution in [2.45, 2.75) is 26.3 Å². The van der Waals surface area contributed by atoms with Gasteiger partial charge >= 0.3 is 0 Å². The normalized spacial score (nSPS) is 12.4. The molecule has 17 heavy (non-hydrogen) atoms. The van der Waals surface area contributed by atoms with Gasteiger partial charge in [-0.25, -0.2) is 0 Å². The molecule has 2 aromatic carbocycles. The van der Waals surface area contributed by atoms with E-state index >= 15 is 0 Å². The lowest BCUT2D eigenvalue weighted by molar-refractivity contribution is -0.726. The average Bonchev–Trinajstić information content (AvgIpc) is 2.72. The molecule has 0 spiro atoms. The molecular formula is C15H16NS+. The first-order valence-corrected chi connectivity index (χ1v) is 6.76.